The first-order valence-corrected chi connectivity index (χ1v) is 7.17. The minimum atomic E-state index is -0.0707. The number of aryl methyl sites for hydroxylation is 2. The van der Waals surface area contributed by atoms with Crippen molar-refractivity contribution in [3.05, 3.63) is 64.0 Å². The van der Waals surface area contributed by atoms with E-state index in [1.807, 2.05) is 26.0 Å². The maximum Gasteiger partial charge on any atom is 0.253 e. The molecule has 1 aromatic carbocycles. The number of aromatic nitrogens is 1. The smallest absolute Gasteiger partial charge is 0.253 e. The predicted molar refractivity (Wildman–Crippen MR) is 81.9 cm³/mol. The third-order valence-electron chi connectivity index (χ3n) is 3.82. The van der Waals surface area contributed by atoms with Crippen molar-refractivity contribution >= 4 is 5.91 Å². The summed E-state index contributed by atoms with van der Waals surface area (Å²) < 4.78 is 0. The average Bonchev–Trinajstić information content (AvgIpc) is 2.92. The second-order valence-electron chi connectivity index (χ2n) is 5.47. The van der Waals surface area contributed by atoms with Gasteiger partial charge in [-0.05, 0) is 42.7 Å². The molecule has 0 bridgehead atoms. The largest absolute Gasteiger partial charge is 0.348 e. The van der Waals surface area contributed by atoms with Crippen LogP contribution >= 0.6 is 0 Å². The highest BCUT2D eigenvalue weighted by Crippen LogP contribution is 2.17. The van der Waals surface area contributed by atoms with E-state index in [1.54, 1.807) is 0 Å². The Balaban J connectivity index is 1.68. The number of amides is 1. The first kappa shape index (κ1) is 13.8. The molecule has 2 heterocycles. The molecule has 2 aromatic rings. The molecule has 0 atom stereocenters. The van der Waals surface area contributed by atoms with Gasteiger partial charge in [-0.2, -0.15) is 0 Å². The summed E-state index contributed by atoms with van der Waals surface area (Å²) >= 11 is 0. The molecule has 108 valence electrons. The van der Waals surface area contributed by atoms with Crippen molar-refractivity contribution in [1.82, 2.24) is 15.6 Å². The first-order valence-electron chi connectivity index (χ1n) is 7.17. The fourth-order valence-electron chi connectivity index (χ4n) is 2.66. The van der Waals surface area contributed by atoms with Crippen LogP contribution in [0.1, 0.15) is 38.4 Å². The Morgan fingerprint density at radius 3 is 2.81 bits per heavy atom. The van der Waals surface area contributed by atoms with Crippen LogP contribution in [0.3, 0.4) is 0 Å². The van der Waals surface area contributed by atoms with E-state index in [-0.39, 0.29) is 5.91 Å². The van der Waals surface area contributed by atoms with Crippen LogP contribution in [0.15, 0.2) is 30.3 Å². The summed E-state index contributed by atoms with van der Waals surface area (Å²) in [5.74, 6) is -0.0707. The molecule has 4 nitrogen and oxygen atoms in total. The zero-order valence-corrected chi connectivity index (χ0v) is 12.4. The number of nitrogens with zero attached hydrogens (tertiary/aromatic N) is 1. The molecule has 0 saturated heterocycles. The van der Waals surface area contributed by atoms with Crippen LogP contribution < -0.4 is 10.6 Å². The Hall–Kier alpha value is -2.20. The van der Waals surface area contributed by atoms with Crippen LogP contribution in [-0.2, 0) is 19.6 Å². The molecule has 3 rings (SSSR count). The van der Waals surface area contributed by atoms with Gasteiger partial charge in [-0.15, -0.1) is 0 Å². The number of carbonyl (C=O) groups is 1. The standard InChI is InChI=1S/C17H19N3O/c1-11-3-6-16(12(2)20-11)17(21)19-8-13-4-5-14-9-18-10-15(14)7-13/h3-7,18H,8-10H2,1-2H3,(H,19,21). The molecule has 0 aliphatic carbocycles. The van der Waals surface area contributed by atoms with Gasteiger partial charge in [0.1, 0.15) is 0 Å². The second kappa shape index (κ2) is 5.66. The van der Waals surface area contributed by atoms with Gasteiger partial charge >= 0.3 is 0 Å². The summed E-state index contributed by atoms with van der Waals surface area (Å²) in [6.07, 6.45) is 0. The highest BCUT2D eigenvalue weighted by molar-refractivity contribution is 5.95. The molecule has 0 unspecified atom stereocenters. The van der Waals surface area contributed by atoms with Crippen LogP contribution in [-0.4, -0.2) is 10.9 Å². The monoisotopic (exact) mass is 281 g/mol. The number of carbonyl (C=O) groups excluding carboxylic acids is 1. The molecule has 1 amide bonds. The van der Waals surface area contributed by atoms with E-state index in [9.17, 15) is 4.79 Å². The molecule has 1 aliphatic rings. The van der Waals surface area contributed by atoms with E-state index in [4.69, 9.17) is 0 Å². The fraction of sp³-hybridized carbons (Fsp3) is 0.294. The maximum atomic E-state index is 12.2. The van der Waals surface area contributed by atoms with Gasteiger partial charge in [-0.3, -0.25) is 9.78 Å². The Morgan fingerprint density at radius 2 is 2.00 bits per heavy atom. The summed E-state index contributed by atoms with van der Waals surface area (Å²) in [7, 11) is 0. The van der Waals surface area contributed by atoms with Crippen molar-refractivity contribution < 1.29 is 4.79 Å². The van der Waals surface area contributed by atoms with E-state index in [1.165, 1.54) is 11.1 Å². The van der Waals surface area contributed by atoms with Gasteiger partial charge in [0, 0.05) is 25.3 Å². The zero-order valence-electron chi connectivity index (χ0n) is 12.4. The van der Waals surface area contributed by atoms with Crippen molar-refractivity contribution in [3.63, 3.8) is 0 Å². The number of hydrogen-bond donors (Lipinski definition) is 2. The van der Waals surface area contributed by atoms with Gasteiger partial charge in [-0.25, -0.2) is 0 Å². The van der Waals surface area contributed by atoms with Crippen LogP contribution in [0.2, 0.25) is 0 Å². The van der Waals surface area contributed by atoms with Crippen molar-refractivity contribution in [2.45, 2.75) is 33.5 Å². The lowest BCUT2D eigenvalue weighted by molar-refractivity contribution is 0.0950. The average molecular weight is 281 g/mol. The number of benzene rings is 1. The quantitative estimate of drug-likeness (QED) is 0.907. The molecule has 0 spiro atoms. The molecular weight excluding hydrogens is 262 g/mol. The van der Waals surface area contributed by atoms with Crippen molar-refractivity contribution in [2.75, 3.05) is 0 Å². The summed E-state index contributed by atoms with van der Waals surface area (Å²) in [4.78, 5) is 16.5. The van der Waals surface area contributed by atoms with E-state index in [0.29, 0.717) is 12.1 Å². The Labute approximate surface area is 124 Å². The fourth-order valence-corrected chi connectivity index (χ4v) is 2.66. The molecular formula is C17H19N3O. The number of fused-ring (bicyclic) bond motifs is 1. The van der Waals surface area contributed by atoms with E-state index >= 15 is 0 Å². The summed E-state index contributed by atoms with van der Waals surface area (Å²) in [6.45, 7) is 6.18. The van der Waals surface area contributed by atoms with Gasteiger partial charge in [0.15, 0.2) is 0 Å². The summed E-state index contributed by atoms with van der Waals surface area (Å²) in [5.41, 5.74) is 6.14. The number of nitrogens with one attached hydrogen (secondary N) is 2. The van der Waals surface area contributed by atoms with Crippen LogP contribution in [0.25, 0.3) is 0 Å². The minimum absolute atomic E-state index is 0.0707. The number of hydrogen-bond acceptors (Lipinski definition) is 3. The lowest BCUT2D eigenvalue weighted by Crippen LogP contribution is -2.24. The van der Waals surface area contributed by atoms with Crippen molar-refractivity contribution in [1.29, 1.82) is 0 Å². The lowest BCUT2D eigenvalue weighted by atomic mass is 10.1. The number of pyridine rings is 1. The third-order valence-corrected chi connectivity index (χ3v) is 3.82. The molecule has 2 N–H and O–H groups in total. The Kier molecular flexibility index (Phi) is 3.71. The van der Waals surface area contributed by atoms with Gasteiger partial charge in [0.2, 0.25) is 0 Å². The van der Waals surface area contributed by atoms with Gasteiger partial charge in [-0.1, -0.05) is 18.2 Å². The van der Waals surface area contributed by atoms with Gasteiger partial charge in [0.25, 0.3) is 5.91 Å². The molecule has 21 heavy (non-hydrogen) atoms. The van der Waals surface area contributed by atoms with Crippen LogP contribution in [0.5, 0.6) is 0 Å². The highest BCUT2D eigenvalue weighted by atomic mass is 16.1. The van der Waals surface area contributed by atoms with Gasteiger partial charge < -0.3 is 10.6 Å². The van der Waals surface area contributed by atoms with Crippen molar-refractivity contribution in [3.8, 4) is 0 Å². The van der Waals surface area contributed by atoms with Crippen LogP contribution in [0, 0.1) is 13.8 Å². The zero-order chi connectivity index (χ0) is 14.8. The van der Waals surface area contributed by atoms with Gasteiger partial charge in [0.05, 0.1) is 11.3 Å². The molecule has 0 fully saturated rings. The Bertz CT molecular complexity index is 694. The molecule has 0 saturated carbocycles. The first-order chi connectivity index (χ1) is 10.1. The third kappa shape index (κ3) is 2.95. The van der Waals surface area contributed by atoms with E-state index in [0.717, 1.165) is 30.0 Å². The Morgan fingerprint density at radius 1 is 1.19 bits per heavy atom. The number of rotatable bonds is 3. The molecule has 4 heteroatoms. The topological polar surface area (TPSA) is 54.0 Å². The minimum Gasteiger partial charge on any atom is -0.348 e. The van der Waals surface area contributed by atoms with Crippen molar-refractivity contribution in [2.24, 2.45) is 0 Å². The SMILES string of the molecule is Cc1ccc(C(=O)NCc2ccc3c(c2)CNC3)c(C)n1. The highest BCUT2D eigenvalue weighted by Gasteiger charge is 2.12. The maximum absolute atomic E-state index is 12.2. The predicted octanol–water partition coefficient (Wildman–Crippen LogP) is 2.23. The molecule has 0 radical (unpaired) electrons. The summed E-state index contributed by atoms with van der Waals surface area (Å²) in [6, 6.07) is 10.1. The molecule has 1 aliphatic heterocycles. The second-order valence-corrected chi connectivity index (χ2v) is 5.47. The lowest BCUT2D eigenvalue weighted by Gasteiger charge is -2.09. The summed E-state index contributed by atoms with van der Waals surface area (Å²) in [5, 5.41) is 6.29. The molecule has 1 aromatic heterocycles. The normalized spacial score (nSPS) is 13.0. The van der Waals surface area contributed by atoms with Crippen LogP contribution in [0.4, 0.5) is 0 Å². The van der Waals surface area contributed by atoms with E-state index in [2.05, 4.69) is 33.8 Å². The van der Waals surface area contributed by atoms with E-state index < -0.39 is 0 Å².